The van der Waals surface area contributed by atoms with Crippen LogP contribution in [0.2, 0.25) is 0 Å². The van der Waals surface area contributed by atoms with Gasteiger partial charge in [0.1, 0.15) is 5.69 Å². The van der Waals surface area contributed by atoms with Crippen molar-refractivity contribution in [2.75, 3.05) is 26.9 Å². The molecule has 176 valence electrons. The maximum absolute atomic E-state index is 13.5. The molecule has 9 heteroatoms. The highest BCUT2D eigenvalue weighted by Gasteiger charge is 2.35. The number of esters is 1. The quantitative estimate of drug-likeness (QED) is 0.310. The first-order chi connectivity index (χ1) is 15.1. The second-order valence-electron chi connectivity index (χ2n) is 7.64. The third kappa shape index (κ3) is 5.46. The van der Waals surface area contributed by atoms with Gasteiger partial charge >= 0.3 is 5.97 Å². The molecule has 8 nitrogen and oxygen atoms in total. The third-order valence-electron chi connectivity index (χ3n) is 5.38. The van der Waals surface area contributed by atoms with Crippen LogP contribution in [0.3, 0.4) is 0 Å². The lowest BCUT2D eigenvalue weighted by atomic mass is 10.0. The molecular weight excluding hydrogens is 432 g/mol. The van der Waals surface area contributed by atoms with Gasteiger partial charge < -0.3 is 14.5 Å². The van der Waals surface area contributed by atoms with Crippen molar-refractivity contribution in [2.24, 2.45) is 0 Å². The van der Waals surface area contributed by atoms with Gasteiger partial charge in [-0.15, -0.1) is 0 Å². The van der Waals surface area contributed by atoms with Crippen LogP contribution in [0.1, 0.15) is 57.9 Å². The second-order valence-corrected chi connectivity index (χ2v) is 9.53. The maximum atomic E-state index is 13.5. The molecule has 0 aliphatic carbocycles. The van der Waals surface area contributed by atoms with Gasteiger partial charge in [-0.3, -0.25) is 4.79 Å². The number of aromatic nitrogens is 1. The van der Waals surface area contributed by atoms with E-state index in [-0.39, 0.29) is 17.1 Å². The van der Waals surface area contributed by atoms with Gasteiger partial charge in [0.15, 0.2) is 5.78 Å². The zero-order chi connectivity index (χ0) is 24.1. The van der Waals surface area contributed by atoms with Crippen LogP contribution >= 0.6 is 0 Å². The predicted molar refractivity (Wildman–Crippen MR) is 122 cm³/mol. The summed E-state index contributed by atoms with van der Waals surface area (Å²) in [4.78, 5) is 28.5. The lowest BCUT2D eigenvalue weighted by Crippen LogP contribution is -2.44. The Morgan fingerprint density at radius 2 is 1.75 bits per heavy atom. The summed E-state index contributed by atoms with van der Waals surface area (Å²) in [5, 5.41) is 0. The number of hydrogen-bond acceptors (Lipinski definition) is 6. The van der Waals surface area contributed by atoms with Crippen molar-refractivity contribution in [1.82, 2.24) is 9.29 Å². The Bertz CT molecular complexity index is 1060. The van der Waals surface area contributed by atoms with E-state index in [4.69, 9.17) is 9.47 Å². The fourth-order valence-corrected chi connectivity index (χ4v) is 5.23. The highest BCUT2D eigenvalue weighted by molar-refractivity contribution is 7.89. The van der Waals surface area contributed by atoms with E-state index in [0.29, 0.717) is 36.5 Å². The first-order valence-corrected chi connectivity index (χ1v) is 12.0. The Kier molecular flexibility index (Phi) is 8.77. The summed E-state index contributed by atoms with van der Waals surface area (Å²) in [5.41, 5.74) is 2.34. The molecule has 1 N–H and O–H groups in total. The zero-order valence-electron chi connectivity index (χ0n) is 19.5. The largest absolute Gasteiger partial charge is 0.464 e. The molecule has 0 saturated carbocycles. The van der Waals surface area contributed by atoms with Gasteiger partial charge in [-0.25, -0.2) is 13.2 Å². The molecule has 2 rings (SSSR count). The van der Waals surface area contributed by atoms with Crippen LogP contribution in [0.15, 0.2) is 29.2 Å². The number of sulfonamides is 1. The zero-order valence-corrected chi connectivity index (χ0v) is 20.3. The fourth-order valence-electron chi connectivity index (χ4n) is 3.60. The van der Waals surface area contributed by atoms with Crippen LogP contribution in [0.4, 0.5) is 0 Å². The summed E-state index contributed by atoms with van der Waals surface area (Å²) in [5.74, 6) is -0.975. The molecule has 0 fully saturated rings. The Labute approximate surface area is 190 Å². The second kappa shape index (κ2) is 10.9. The van der Waals surface area contributed by atoms with Gasteiger partial charge in [0.25, 0.3) is 0 Å². The SMILES string of the molecule is CCOCCCN(C(C)C(=O)c1c(C)[nH]c(C(=O)OC)c1C)S(=O)(=O)c1ccc(C)cc1. The Hall–Kier alpha value is -2.49. The van der Waals surface area contributed by atoms with Crippen molar-refractivity contribution in [2.45, 2.75) is 52.0 Å². The number of nitrogens with one attached hydrogen (secondary N) is 1. The number of ketones is 1. The van der Waals surface area contributed by atoms with Gasteiger partial charge in [-0.2, -0.15) is 4.31 Å². The van der Waals surface area contributed by atoms with Crippen molar-refractivity contribution in [1.29, 1.82) is 0 Å². The molecule has 0 bridgehead atoms. The Balaban J connectivity index is 2.45. The van der Waals surface area contributed by atoms with Crippen LogP contribution in [-0.4, -0.2) is 62.4 Å². The summed E-state index contributed by atoms with van der Waals surface area (Å²) >= 11 is 0. The molecule has 1 atom stereocenters. The first kappa shape index (κ1) is 25.8. The van der Waals surface area contributed by atoms with Crippen LogP contribution in [-0.2, 0) is 19.5 Å². The Morgan fingerprint density at radius 1 is 1.12 bits per heavy atom. The molecular formula is C23H32N2O6S. The number of carbonyl (C=O) groups excluding carboxylic acids is 2. The molecule has 32 heavy (non-hydrogen) atoms. The number of nitrogens with zero attached hydrogens (tertiary/aromatic N) is 1. The van der Waals surface area contributed by atoms with Crippen molar-refractivity contribution in [3.63, 3.8) is 0 Å². The standard InChI is InChI=1S/C23H32N2O6S/c1-7-31-14-8-13-25(32(28,29)19-11-9-15(2)10-12-19)18(5)22(26)20-16(3)21(23(27)30-6)24-17(20)4/h9-12,18,24H,7-8,13-14H2,1-6H3. The van der Waals surface area contributed by atoms with Crippen molar-refractivity contribution in [3.05, 3.63) is 52.3 Å². The molecule has 0 spiro atoms. The summed E-state index contributed by atoms with van der Waals surface area (Å²) in [6, 6.07) is 5.54. The van der Waals surface area contributed by atoms with E-state index < -0.39 is 27.8 Å². The van der Waals surface area contributed by atoms with E-state index >= 15 is 0 Å². The van der Waals surface area contributed by atoms with E-state index in [0.717, 1.165) is 5.56 Å². The molecule has 1 heterocycles. The predicted octanol–water partition coefficient (Wildman–Crippen LogP) is 3.42. The van der Waals surface area contributed by atoms with Crippen LogP contribution < -0.4 is 0 Å². The highest BCUT2D eigenvalue weighted by Crippen LogP contribution is 2.25. The van der Waals surface area contributed by atoms with Gasteiger partial charge in [-0.1, -0.05) is 17.7 Å². The summed E-state index contributed by atoms with van der Waals surface area (Å²) in [7, 11) is -2.68. The van der Waals surface area contributed by atoms with Crippen LogP contribution in [0.5, 0.6) is 0 Å². The van der Waals surface area contributed by atoms with Gasteiger partial charge in [-0.05, 0) is 58.7 Å². The molecule has 0 radical (unpaired) electrons. The minimum Gasteiger partial charge on any atom is -0.464 e. The van der Waals surface area contributed by atoms with E-state index in [9.17, 15) is 18.0 Å². The Morgan fingerprint density at radius 3 is 2.31 bits per heavy atom. The number of aromatic amines is 1. The average Bonchev–Trinajstić information content (AvgIpc) is 3.06. The summed E-state index contributed by atoms with van der Waals surface area (Å²) < 4.78 is 38.3. The number of Topliss-reactive ketones (excluding diaryl/α,β-unsaturated/α-hetero) is 1. The topological polar surface area (TPSA) is 106 Å². The summed E-state index contributed by atoms with van der Waals surface area (Å²) in [6.07, 6.45) is 0.440. The molecule has 1 aromatic carbocycles. The van der Waals surface area contributed by atoms with Gasteiger partial charge in [0.05, 0.1) is 18.0 Å². The van der Waals surface area contributed by atoms with Crippen molar-refractivity contribution in [3.8, 4) is 0 Å². The number of hydrogen-bond donors (Lipinski definition) is 1. The normalized spacial score (nSPS) is 12.7. The molecule has 0 saturated heterocycles. The fraction of sp³-hybridized carbons (Fsp3) is 0.478. The van der Waals surface area contributed by atoms with Crippen LogP contribution in [0.25, 0.3) is 0 Å². The summed E-state index contributed by atoms with van der Waals surface area (Å²) in [6.45, 7) is 9.65. The molecule has 0 aliphatic rings. The maximum Gasteiger partial charge on any atom is 0.354 e. The van der Waals surface area contributed by atoms with Gasteiger partial charge in [0.2, 0.25) is 10.0 Å². The number of rotatable bonds is 11. The molecule has 1 unspecified atom stereocenters. The minimum atomic E-state index is -3.94. The minimum absolute atomic E-state index is 0.121. The molecule has 0 amide bonds. The monoisotopic (exact) mass is 464 g/mol. The van der Waals surface area contributed by atoms with Crippen molar-refractivity contribution >= 4 is 21.8 Å². The lowest BCUT2D eigenvalue weighted by molar-refractivity contribution is 0.0593. The third-order valence-corrected chi connectivity index (χ3v) is 7.37. The number of methoxy groups -OCH3 is 1. The van der Waals surface area contributed by atoms with Crippen molar-refractivity contribution < 1.29 is 27.5 Å². The van der Waals surface area contributed by atoms with Gasteiger partial charge in [0, 0.05) is 31.0 Å². The number of benzene rings is 1. The molecule has 0 aliphatic heterocycles. The molecule has 2 aromatic rings. The average molecular weight is 465 g/mol. The number of ether oxygens (including phenoxy) is 2. The van der Waals surface area contributed by atoms with Crippen LogP contribution in [0, 0.1) is 20.8 Å². The highest BCUT2D eigenvalue weighted by atomic mass is 32.2. The first-order valence-electron chi connectivity index (χ1n) is 10.5. The van der Waals surface area contributed by atoms with E-state index in [1.807, 2.05) is 13.8 Å². The molecule has 1 aromatic heterocycles. The van der Waals surface area contributed by atoms with E-state index in [2.05, 4.69) is 4.98 Å². The number of aryl methyl sites for hydroxylation is 2. The smallest absolute Gasteiger partial charge is 0.354 e. The lowest BCUT2D eigenvalue weighted by Gasteiger charge is -2.28. The van der Waals surface area contributed by atoms with E-state index in [1.165, 1.54) is 11.4 Å². The number of carbonyl (C=O) groups is 2. The number of H-pyrrole nitrogens is 1. The van der Waals surface area contributed by atoms with E-state index in [1.54, 1.807) is 45.0 Å².